The maximum absolute atomic E-state index is 12.4. The minimum absolute atomic E-state index is 0.0237. The number of hydrogen-bond acceptors (Lipinski definition) is 2. The zero-order valence-corrected chi connectivity index (χ0v) is 12.0. The normalized spacial score (nSPS) is 11.2. The van der Waals surface area contributed by atoms with E-state index in [1.54, 1.807) is 0 Å². The number of rotatable bonds is 5. The fraction of sp³-hybridized carbons (Fsp3) is 0.500. The predicted octanol–water partition coefficient (Wildman–Crippen LogP) is 4.03. The van der Waals surface area contributed by atoms with Gasteiger partial charge in [-0.05, 0) is 35.1 Å². The summed E-state index contributed by atoms with van der Waals surface area (Å²) in [7, 11) is 0. The van der Waals surface area contributed by atoms with E-state index in [1.807, 2.05) is 27.7 Å². The zero-order chi connectivity index (χ0) is 15.4. The maximum atomic E-state index is 12.4. The van der Waals surface area contributed by atoms with Gasteiger partial charge in [-0.3, -0.25) is 0 Å². The van der Waals surface area contributed by atoms with Gasteiger partial charge in [-0.15, -0.1) is 0 Å². The van der Waals surface area contributed by atoms with Gasteiger partial charge in [-0.1, -0.05) is 27.7 Å². The monoisotopic (exact) mass is 286 g/mol. The molecule has 0 aliphatic carbocycles. The molecule has 20 heavy (non-hydrogen) atoms. The largest absolute Gasteiger partial charge is 0.435 e. The molecule has 0 bridgehead atoms. The lowest BCUT2D eigenvalue weighted by atomic mass is 9.92. The van der Waals surface area contributed by atoms with Crippen molar-refractivity contribution in [3.05, 3.63) is 23.3 Å². The van der Waals surface area contributed by atoms with E-state index in [0.29, 0.717) is 16.8 Å². The van der Waals surface area contributed by atoms with Crippen molar-refractivity contribution in [1.29, 1.82) is 0 Å². The van der Waals surface area contributed by atoms with Crippen molar-refractivity contribution >= 4 is 11.7 Å². The van der Waals surface area contributed by atoms with E-state index in [4.69, 9.17) is 5.73 Å². The highest BCUT2D eigenvalue weighted by molar-refractivity contribution is 5.90. The molecule has 0 atom stereocenters. The number of amides is 2. The number of primary amides is 1. The molecule has 0 aliphatic rings. The Kier molecular flexibility index (Phi) is 5.30. The zero-order valence-electron chi connectivity index (χ0n) is 12.0. The number of anilines is 1. The Bertz CT molecular complexity index is 459. The van der Waals surface area contributed by atoms with Crippen LogP contribution < -0.4 is 15.8 Å². The molecule has 2 amide bonds. The van der Waals surface area contributed by atoms with Crippen LogP contribution in [0.15, 0.2) is 12.1 Å². The smallest absolute Gasteiger partial charge is 0.387 e. The quantitative estimate of drug-likeness (QED) is 0.858. The molecule has 4 nitrogen and oxygen atoms in total. The first-order chi connectivity index (χ1) is 9.22. The number of ether oxygens (including phenoxy) is 1. The first kappa shape index (κ1) is 16.2. The molecular weight excluding hydrogens is 266 g/mol. The van der Waals surface area contributed by atoms with Crippen LogP contribution in [0.5, 0.6) is 5.75 Å². The van der Waals surface area contributed by atoms with Crippen molar-refractivity contribution in [2.75, 3.05) is 5.32 Å². The summed E-state index contributed by atoms with van der Waals surface area (Å²) >= 11 is 0. The maximum Gasteiger partial charge on any atom is 0.387 e. The predicted molar refractivity (Wildman–Crippen MR) is 74.5 cm³/mol. The number of hydrogen-bond donors (Lipinski definition) is 2. The Morgan fingerprint density at radius 1 is 1.15 bits per heavy atom. The number of alkyl halides is 2. The van der Waals surface area contributed by atoms with Gasteiger partial charge in [0.05, 0.1) is 0 Å². The van der Waals surface area contributed by atoms with Crippen molar-refractivity contribution in [1.82, 2.24) is 0 Å². The number of nitrogens with one attached hydrogen (secondary N) is 1. The summed E-state index contributed by atoms with van der Waals surface area (Å²) in [4.78, 5) is 11.1. The van der Waals surface area contributed by atoms with Gasteiger partial charge in [0.25, 0.3) is 0 Å². The Morgan fingerprint density at radius 3 is 1.90 bits per heavy atom. The topological polar surface area (TPSA) is 64.3 Å². The molecule has 0 unspecified atom stereocenters. The minimum atomic E-state index is -2.88. The molecule has 0 aromatic heterocycles. The van der Waals surface area contributed by atoms with E-state index in [-0.39, 0.29) is 17.6 Å². The van der Waals surface area contributed by atoms with E-state index < -0.39 is 12.6 Å². The number of carbonyl (C=O) groups is 1. The molecule has 6 heteroatoms. The highest BCUT2D eigenvalue weighted by atomic mass is 19.3. The van der Waals surface area contributed by atoms with Gasteiger partial charge in [0.2, 0.25) is 0 Å². The lowest BCUT2D eigenvalue weighted by Gasteiger charge is -2.21. The lowest BCUT2D eigenvalue weighted by molar-refractivity contribution is -0.0499. The van der Waals surface area contributed by atoms with E-state index in [2.05, 4.69) is 10.1 Å². The number of carbonyl (C=O) groups excluding carboxylic acids is 1. The molecule has 112 valence electrons. The summed E-state index contributed by atoms with van der Waals surface area (Å²) in [5, 5.41) is 2.58. The average Bonchev–Trinajstić information content (AvgIpc) is 2.28. The second kappa shape index (κ2) is 6.54. The Balaban J connectivity index is 3.41. The summed E-state index contributed by atoms with van der Waals surface area (Å²) in [6.45, 7) is 4.72. The van der Waals surface area contributed by atoms with Crippen molar-refractivity contribution in [3.8, 4) is 5.75 Å². The highest BCUT2D eigenvalue weighted by Crippen LogP contribution is 2.36. The van der Waals surface area contributed by atoms with E-state index in [1.165, 1.54) is 12.1 Å². The summed E-state index contributed by atoms with van der Waals surface area (Å²) in [6, 6.07) is 2.33. The summed E-state index contributed by atoms with van der Waals surface area (Å²) < 4.78 is 29.2. The molecule has 3 N–H and O–H groups in total. The molecule has 1 rings (SSSR count). The van der Waals surface area contributed by atoms with Crippen LogP contribution in [0.4, 0.5) is 19.3 Å². The van der Waals surface area contributed by atoms with E-state index in [9.17, 15) is 13.6 Å². The third-order valence-electron chi connectivity index (χ3n) is 2.89. The highest BCUT2D eigenvalue weighted by Gasteiger charge is 2.18. The van der Waals surface area contributed by atoms with Crippen molar-refractivity contribution in [3.63, 3.8) is 0 Å². The molecule has 0 fully saturated rings. The van der Waals surface area contributed by atoms with Crippen LogP contribution >= 0.6 is 0 Å². The Hall–Kier alpha value is -1.85. The van der Waals surface area contributed by atoms with E-state index in [0.717, 1.165) is 0 Å². The van der Waals surface area contributed by atoms with Gasteiger partial charge in [0.15, 0.2) is 0 Å². The second-order valence-electron chi connectivity index (χ2n) is 5.15. The SMILES string of the molecule is CC(C)c1cc(OC(F)F)cc(C(C)C)c1NC(N)=O. The van der Waals surface area contributed by atoms with Crippen LogP contribution in [0.2, 0.25) is 0 Å². The van der Waals surface area contributed by atoms with Crippen LogP contribution in [-0.2, 0) is 0 Å². The minimum Gasteiger partial charge on any atom is -0.435 e. The Labute approximate surface area is 117 Å². The molecule has 1 aromatic carbocycles. The van der Waals surface area contributed by atoms with Gasteiger partial charge in [-0.25, -0.2) is 4.79 Å². The van der Waals surface area contributed by atoms with Gasteiger partial charge in [0.1, 0.15) is 5.75 Å². The average molecular weight is 286 g/mol. The molecule has 0 saturated heterocycles. The van der Waals surface area contributed by atoms with Crippen LogP contribution in [-0.4, -0.2) is 12.6 Å². The standard InChI is InChI=1S/C14H20F2N2O2/c1-7(2)10-5-9(20-13(15)16)6-11(8(3)4)12(10)18-14(17)19/h5-8,13H,1-4H3,(H3,17,18,19). The summed E-state index contributed by atoms with van der Waals surface area (Å²) in [6.07, 6.45) is 0. The number of nitrogens with two attached hydrogens (primary N) is 1. The van der Waals surface area contributed by atoms with Crippen LogP contribution in [0.25, 0.3) is 0 Å². The van der Waals surface area contributed by atoms with Gasteiger partial charge >= 0.3 is 12.6 Å². The van der Waals surface area contributed by atoms with Gasteiger partial charge < -0.3 is 15.8 Å². The molecule has 0 aliphatic heterocycles. The van der Waals surface area contributed by atoms with Gasteiger partial charge in [0, 0.05) is 5.69 Å². The lowest BCUT2D eigenvalue weighted by Crippen LogP contribution is -2.22. The molecule has 0 spiro atoms. The van der Waals surface area contributed by atoms with Crippen LogP contribution in [0.1, 0.15) is 50.7 Å². The van der Waals surface area contributed by atoms with Crippen molar-refractivity contribution in [2.24, 2.45) is 5.73 Å². The summed E-state index contributed by atoms with van der Waals surface area (Å²) in [5.41, 5.74) is 7.18. The first-order valence-corrected chi connectivity index (χ1v) is 6.41. The number of benzene rings is 1. The van der Waals surface area contributed by atoms with Crippen LogP contribution in [0.3, 0.4) is 0 Å². The third kappa shape index (κ3) is 4.08. The summed E-state index contributed by atoms with van der Waals surface area (Å²) in [5.74, 6) is 0.133. The molecular formula is C14H20F2N2O2. The fourth-order valence-corrected chi connectivity index (χ4v) is 2.01. The molecule has 0 saturated carbocycles. The Morgan fingerprint density at radius 2 is 1.60 bits per heavy atom. The van der Waals surface area contributed by atoms with Gasteiger partial charge in [-0.2, -0.15) is 8.78 Å². The van der Waals surface area contributed by atoms with E-state index >= 15 is 0 Å². The van der Waals surface area contributed by atoms with Crippen molar-refractivity contribution in [2.45, 2.75) is 46.1 Å². The first-order valence-electron chi connectivity index (χ1n) is 6.41. The number of halogens is 2. The third-order valence-corrected chi connectivity index (χ3v) is 2.89. The second-order valence-corrected chi connectivity index (χ2v) is 5.15. The van der Waals surface area contributed by atoms with Crippen molar-refractivity contribution < 1.29 is 18.3 Å². The fourth-order valence-electron chi connectivity index (χ4n) is 2.01. The molecule has 0 heterocycles. The molecule has 0 radical (unpaired) electrons. The van der Waals surface area contributed by atoms with Crippen LogP contribution in [0, 0.1) is 0 Å². The number of urea groups is 1. The molecule has 1 aromatic rings.